The number of nitro groups is 1. The number of halogens is 1. The van der Waals surface area contributed by atoms with Gasteiger partial charge >= 0.3 is 5.97 Å². The minimum atomic E-state index is -0.631. The van der Waals surface area contributed by atoms with Crippen LogP contribution in [0, 0.1) is 10.1 Å². The topological polar surface area (TPSA) is 89.8 Å². The first-order chi connectivity index (χ1) is 14.3. The lowest BCUT2D eigenvalue weighted by atomic mass is 9.97. The summed E-state index contributed by atoms with van der Waals surface area (Å²) in [6.45, 7) is 2.16. The maximum atomic E-state index is 13.2. The van der Waals surface area contributed by atoms with E-state index in [0.717, 1.165) is 25.7 Å². The van der Waals surface area contributed by atoms with E-state index in [1.165, 1.54) is 43.4 Å². The number of carbonyl (C=O) groups excluding carboxylic acids is 2. The van der Waals surface area contributed by atoms with Crippen LogP contribution in [-0.2, 0) is 14.3 Å². The maximum Gasteiger partial charge on any atom is 0.340 e. The van der Waals surface area contributed by atoms with Gasteiger partial charge in [0.25, 0.3) is 11.6 Å². The van der Waals surface area contributed by atoms with Gasteiger partial charge in [0.2, 0.25) is 0 Å². The lowest BCUT2D eigenvalue weighted by molar-refractivity contribution is -0.384. The summed E-state index contributed by atoms with van der Waals surface area (Å²) in [7, 11) is 1.25. The standard InChI is InChI=1S/C22H23ClN2O5/c1-14-20(22(27)30-2)18(13-16-12-17(25(28)29)8-9-19(16)23)21(26)24(14)11-10-15-6-4-3-5-7-15/h6,8-9,12-13H,3-5,7,10-11H2,1-2H3/b18-13-. The fourth-order valence-corrected chi connectivity index (χ4v) is 3.97. The Morgan fingerprint density at radius 3 is 2.77 bits per heavy atom. The number of methoxy groups -OCH3 is 1. The zero-order valence-electron chi connectivity index (χ0n) is 16.9. The van der Waals surface area contributed by atoms with Crippen LogP contribution in [0.4, 0.5) is 5.69 Å². The van der Waals surface area contributed by atoms with Gasteiger partial charge in [0.1, 0.15) is 0 Å². The second-order valence-corrected chi connectivity index (χ2v) is 7.70. The second-order valence-electron chi connectivity index (χ2n) is 7.29. The fourth-order valence-electron chi connectivity index (χ4n) is 3.80. The first kappa shape index (κ1) is 21.8. The van der Waals surface area contributed by atoms with Crippen LogP contribution in [0.25, 0.3) is 6.08 Å². The lowest BCUT2D eigenvalue weighted by Gasteiger charge is -2.20. The summed E-state index contributed by atoms with van der Waals surface area (Å²) in [6, 6.07) is 3.96. The molecule has 30 heavy (non-hydrogen) atoms. The van der Waals surface area contributed by atoms with Crippen molar-refractivity contribution in [1.82, 2.24) is 4.90 Å². The monoisotopic (exact) mass is 430 g/mol. The third-order valence-electron chi connectivity index (χ3n) is 5.43. The zero-order chi connectivity index (χ0) is 21.8. The molecule has 7 nitrogen and oxygen atoms in total. The summed E-state index contributed by atoms with van der Waals surface area (Å²) in [4.78, 5) is 37.7. The van der Waals surface area contributed by atoms with Gasteiger partial charge in [-0.05, 0) is 51.2 Å². The Labute approximate surface area is 179 Å². The van der Waals surface area contributed by atoms with Crippen molar-refractivity contribution in [2.75, 3.05) is 13.7 Å². The van der Waals surface area contributed by atoms with E-state index in [0.29, 0.717) is 17.8 Å². The summed E-state index contributed by atoms with van der Waals surface area (Å²) in [5.74, 6) is -0.972. The van der Waals surface area contributed by atoms with E-state index in [2.05, 4.69) is 6.08 Å². The molecule has 0 N–H and O–H groups in total. The molecule has 1 amide bonds. The molecular weight excluding hydrogens is 408 g/mol. The molecule has 8 heteroatoms. The normalized spacial score (nSPS) is 18.1. The van der Waals surface area contributed by atoms with Crippen LogP contribution in [0.3, 0.4) is 0 Å². The molecule has 1 heterocycles. The van der Waals surface area contributed by atoms with Gasteiger partial charge in [0, 0.05) is 35.0 Å². The summed E-state index contributed by atoms with van der Waals surface area (Å²) in [5, 5.41) is 11.3. The first-order valence-corrected chi connectivity index (χ1v) is 10.2. The van der Waals surface area contributed by atoms with Crippen molar-refractivity contribution < 1.29 is 19.2 Å². The highest BCUT2D eigenvalue weighted by molar-refractivity contribution is 6.32. The highest BCUT2D eigenvalue weighted by Crippen LogP contribution is 2.34. The Hall–Kier alpha value is -2.93. The highest BCUT2D eigenvalue weighted by atomic mass is 35.5. The molecule has 0 radical (unpaired) electrons. The maximum absolute atomic E-state index is 13.2. The third kappa shape index (κ3) is 4.46. The Kier molecular flexibility index (Phi) is 6.72. The Morgan fingerprint density at radius 1 is 1.37 bits per heavy atom. The summed E-state index contributed by atoms with van der Waals surface area (Å²) < 4.78 is 4.89. The van der Waals surface area contributed by atoms with Crippen LogP contribution < -0.4 is 0 Å². The fraction of sp³-hybridized carbons (Fsp3) is 0.364. The zero-order valence-corrected chi connectivity index (χ0v) is 17.7. The van der Waals surface area contributed by atoms with E-state index in [-0.39, 0.29) is 27.8 Å². The molecule has 0 bridgehead atoms. The van der Waals surface area contributed by atoms with Gasteiger partial charge in [-0.3, -0.25) is 14.9 Å². The molecule has 0 fully saturated rings. The third-order valence-corrected chi connectivity index (χ3v) is 5.78. The SMILES string of the molecule is COC(=O)C1=C(C)N(CCC2=CCCCC2)C(=O)/C1=C\c1cc([N+](=O)[O-])ccc1Cl. The van der Waals surface area contributed by atoms with Crippen molar-refractivity contribution in [1.29, 1.82) is 0 Å². The molecule has 1 aliphatic heterocycles. The van der Waals surface area contributed by atoms with Crippen LogP contribution >= 0.6 is 11.6 Å². The molecule has 0 unspecified atom stereocenters. The number of esters is 1. The van der Waals surface area contributed by atoms with Crippen molar-refractivity contribution in [3.05, 3.63) is 67.4 Å². The van der Waals surface area contributed by atoms with E-state index in [9.17, 15) is 19.7 Å². The average Bonchev–Trinajstić information content (AvgIpc) is 2.97. The Morgan fingerprint density at radius 2 is 2.13 bits per heavy atom. The van der Waals surface area contributed by atoms with Crippen molar-refractivity contribution in [2.24, 2.45) is 0 Å². The number of nitrogens with zero attached hydrogens (tertiary/aromatic N) is 2. The predicted molar refractivity (Wildman–Crippen MR) is 114 cm³/mol. The van der Waals surface area contributed by atoms with Gasteiger partial charge in [-0.15, -0.1) is 0 Å². The summed E-state index contributed by atoms with van der Waals surface area (Å²) in [5.41, 5.74) is 2.25. The van der Waals surface area contributed by atoms with E-state index in [4.69, 9.17) is 16.3 Å². The summed E-state index contributed by atoms with van der Waals surface area (Å²) >= 11 is 6.19. The number of ether oxygens (including phenoxy) is 1. The number of allylic oxidation sites excluding steroid dienone is 2. The lowest BCUT2D eigenvalue weighted by Crippen LogP contribution is -2.26. The molecule has 0 saturated heterocycles. The van der Waals surface area contributed by atoms with Gasteiger partial charge in [-0.1, -0.05) is 23.3 Å². The number of rotatable bonds is 6. The van der Waals surface area contributed by atoms with Crippen LogP contribution in [0.1, 0.15) is 44.6 Å². The minimum Gasteiger partial charge on any atom is -0.465 e. The van der Waals surface area contributed by atoms with Crippen LogP contribution in [0.2, 0.25) is 5.02 Å². The van der Waals surface area contributed by atoms with E-state index in [1.54, 1.807) is 11.8 Å². The largest absolute Gasteiger partial charge is 0.465 e. The first-order valence-electron chi connectivity index (χ1n) is 9.78. The van der Waals surface area contributed by atoms with Crippen molar-refractivity contribution in [3.63, 3.8) is 0 Å². The summed E-state index contributed by atoms with van der Waals surface area (Å²) in [6.07, 6.45) is 8.81. The molecule has 0 saturated carbocycles. The molecule has 158 valence electrons. The second kappa shape index (κ2) is 9.26. The van der Waals surface area contributed by atoms with Gasteiger partial charge in [0.15, 0.2) is 0 Å². The van der Waals surface area contributed by atoms with Crippen molar-refractivity contribution in [2.45, 2.75) is 39.0 Å². The molecule has 1 aliphatic carbocycles. The van der Waals surface area contributed by atoms with E-state index in [1.807, 2.05) is 0 Å². The smallest absolute Gasteiger partial charge is 0.340 e. The van der Waals surface area contributed by atoms with E-state index >= 15 is 0 Å². The number of amides is 1. The van der Waals surface area contributed by atoms with E-state index < -0.39 is 10.9 Å². The van der Waals surface area contributed by atoms with Gasteiger partial charge < -0.3 is 9.64 Å². The molecule has 1 aromatic rings. The molecule has 0 atom stereocenters. The molecule has 2 aliphatic rings. The number of hydrogen-bond donors (Lipinski definition) is 0. The molecular formula is C22H23ClN2O5. The number of nitro benzene ring substituents is 1. The van der Waals surface area contributed by atoms with Crippen LogP contribution in [0.5, 0.6) is 0 Å². The van der Waals surface area contributed by atoms with Crippen molar-refractivity contribution >= 4 is 35.2 Å². The molecule has 0 spiro atoms. The molecule has 0 aromatic heterocycles. The highest BCUT2D eigenvalue weighted by Gasteiger charge is 2.37. The molecule has 1 aromatic carbocycles. The van der Waals surface area contributed by atoms with Gasteiger partial charge in [-0.25, -0.2) is 4.79 Å². The minimum absolute atomic E-state index is 0.124. The number of carbonyl (C=O) groups is 2. The van der Waals surface area contributed by atoms with Gasteiger partial charge in [0.05, 0.1) is 23.2 Å². The van der Waals surface area contributed by atoms with Crippen molar-refractivity contribution in [3.8, 4) is 0 Å². The predicted octanol–water partition coefficient (Wildman–Crippen LogP) is 4.81. The average molecular weight is 431 g/mol. The Balaban J connectivity index is 1.97. The quantitative estimate of drug-likeness (QED) is 0.212. The number of non-ortho nitro benzene ring substituents is 1. The Bertz CT molecular complexity index is 993. The van der Waals surface area contributed by atoms with Gasteiger partial charge in [-0.2, -0.15) is 0 Å². The molecule has 3 rings (SSSR count). The number of benzene rings is 1. The van der Waals surface area contributed by atoms with Crippen LogP contribution in [0.15, 0.2) is 46.7 Å². The van der Waals surface area contributed by atoms with Crippen LogP contribution in [-0.4, -0.2) is 35.4 Å². The number of hydrogen-bond acceptors (Lipinski definition) is 5.